The number of hydrogen-bond donors (Lipinski definition) is 1. The van der Waals surface area contributed by atoms with Crippen molar-refractivity contribution in [1.29, 1.82) is 0 Å². The van der Waals surface area contributed by atoms with Gasteiger partial charge < -0.3 is 10.1 Å². The van der Waals surface area contributed by atoms with Gasteiger partial charge in [-0.15, -0.1) is 13.2 Å². The van der Waals surface area contributed by atoms with Crippen molar-refractivity contribution in [3.8, 4) is 5.75 Å². The molecule has 2 aromatic carbocycles. The van der Waals surface area contributed by atoms with Crippen LogP contribution in [0.4, 0.5) is 13.2 Å². The van der Waals surface area contributed by atoms with Crippen molar-refractivity contribution >= 4 is 11.6 Å². The number of alkyl halides is 3. The summed E-state index contributed by atoms with van der Waals surface area (Å²) in [5.41, 5.74) is 1.97. The van der Waals surface area contributed by atoms with Gasteiger partial charge in [-0.05, 0) is 35.4 Å². The van der Waals surface area contributed by atoms with Gasteiger partial charge in [-0.2, -0.15) is 0 Å². The summed E-state index contributed by atoms with van der Waals surface area (Å²) >= 11 is 5.98. The number of ether oxygens (including phenoxy) is 1. The quantitative estimate of drug-likeness (QED) is 0.871. The van der Waals surface area contributed by atoms with Crippen LogP contribution in [-0.4, -0.2) is 37.4 Å². The minimum absolute atomic E-state index is 0.0423. The lowest BCUT2D eigenvalue weighted by Gasteiger charge is -2.35. The van der Waals surface area contributed by atoms with E-state index in [0.717, 1.165) is 37.3 Å². The molecule has 1 fully saturated rings. The first-order valence-electron chi connectivity index (χ1n) is 7.98. The third kappa shape index (κ3) is 4.87. The molecule has 1 N–H and O–H groups in total. The summed E-state index contributed by atoms with van der Waals surface area (Å²) in [6, 6.07) is 13.6. The van der Waals surface area contributed by atoms with Gasteiger partial charge in [0, 0.05) is 31.2 Å². The fraction of sp³-hybridized carbons (Fsp3) is 0.333. The van der Waals surface area contributed by atoms with Crippen molar-refractivity contribution in [1.82, 2.24) is 10.2 Å². The second-order valence-corrected chi connectivity index (χ2v) is 6.29. The minimum Gasteiger partial charge on any atom is -0.406 e. The number of hydrogen-bond acceptors (Lipinski definition) is 3. The highest BCUT2D eigenvalue weighted by molar-refractivity contribution is 6.30. The van der Waals surface area contributed by atoms with E-state index < -0.39 is 6.36 Å². The molecule has 1 heterocycles. The van der Waals surface area contributed by atoms with Gasteiger partial charge in [0.1, 0.15) is 5.75 Å². The molecule has 0 bridgehead atoms. The minimum atomic E-state index is -4.68. The maximum absolute atomic E-state index is 12.3. The zero-order chi connectivity index (χ0) is 17.9. The van der Waals surface area contributed by atoms with Gasteiger partial charge >= 0.3 is 6.36 Å². The van der Waals surface area contributed by atoms with Gasteiger partial charge in [-0.1, -0.05) is 35.9 Å². The molecule has 25 heavy (non-hydrogen) atoms. The van der Waals surface area contributed by atoms with Crippen molar-refractivity contribution in [2.45, 2.75) is 12.4 Å². The summed E-state index contributed by atoms with van der Waals surface area (Å²) in [6.07, 6.45) is -4.68. The van der Waals surface area contributed by atoms with Crippen molar-refractivity contribution in [2.75, 3.05) is 26.2 Å². The molecule has 0 unspecified atom stereocenters. The molecule has 0 spiro atoms. The third-order valence-electron chi connectivity index (χ3n) is 4.13. The van der Waals surface area contributed by atoms with Gasteiger partial charge in [0.15, 0.2) is 0 Å². The highest BCUT2D eigenvalue weighted by atomic mass is 35.5. The molecular weight excluding hydrogens is 353 g/mol. The van der Waals surface area contributed by atoms with E-state index in [1.165, 1.54) is 12.1 Å². The molecule has 0 aliphatic carbocycles. The SMILES string of the molecule is FC(F)(F)Oc1ccc([C@@H](c2ccc(Cl)cc2)N2CCNCC2)cc1. The number of nitrogens with zero attached hydrogens (tertiary/aromatic N) is 1. The van der Waals surface area contributed by atoms with E-state index in [9.17, 15) is 13.2 Å². The molecular formula is C18H18ClF3N2O. The van der Waals surface area contributed by atoms with Crippen LogP contribution in [0.2, 0.25) is 5.02 Å². The molecule has 0 saturated carbocycles. The molecule has 0 radical (unpaired) electrons. The van der Waals surface area contributed by atoms with E-state index in [0.29, 0.717) is 5.02 Å². The van der Waals surface area contributed by atoms with Crippen LogP contribution in [0.5, 0.6) is 5.75 Å². The Labute approximate surface area is 149 Å². The van der Waals surface area contributed by atoms with E-state index >= 15 is 0 Å². The number of benzene rings is 2. The lowest BCUT2D eigenvalue weighted by atomic mass is 9.96. The fourth-order valence-corrected chi connectivity index (χ4v) is 3.18. The van der Waals surface area contributed by atoms with Crippen LogP contribution in [-0.2, 0) is 0 Å². The molecule has 1 aliphatic heterocycles. The zero-order valence-corrected chi connectivity index (χ0v) is 14.1. The first-order valence-corrected chi connectivity index (χ1v) is 8.36. The van der Waals surface area contributed by atoms with Crippen LogP contribution in [0, 0.1) is 0 Å². The monoisotopic (exact) mass is 370 g/mol. The van der Waals surface area contributed by atoms with Crippen LogP contribution in [0.25, 0.3) is 0 Å². The van der Waals surface area contributed by atoms with E-state index in [4.69, 9.17) is 11.6 Å². The van der Waals surface area contributed by atoms with Crippen LogP contribution in [0.15, 0.2) is 48.5 Å². The van der Waals surface area contributed by atoms with Gasteiger partial charge in [-0.3, -0.25) is 4.90 Å². The van der Waals surface area contributed by atoms with Crippen molar-refractivity contribution in [3.05, 3.63) is 64.7 Å². The number of nitrogens with one attached hydrogen (secondary N) is 1. The van der Waals surface area contributed by atoms with E-state index in [2.05, 4.69) is 15.0 Å². The fourth-order valence-electron chi connectivity index (χ4n) is 3.05. The Balaban J connectivity index is 1.89. The first kappa shape index (κ1) is 18.0. The Morgan fingerprint density at radius 1 is 0.920 bits per heavy atom. The first-order chi connectivity index (χ1) is 11.9. The maximum Gasteiger partial charge on any atom is 0.573 e. The van der Waals surface area contributed by atoms with Crippen molar-refractivity contribution in [3.63, 3.8) is 0 Å². The number of rotatable bonds is 4. The Morgan fingerprint density at radius 3 is 1.96 bits per heavy atom. The second kappa shape index (κ2) is 7.64. The molecule has 3 nitrogen and oxygen atoms in total. The average molecular weight is 371 g/mol. The highest BCUT2D eigenvalue weighted by Gasteiger charge is 2.31. The summed E-state index contributed by atoms with van der Waals surface area (Å²) in [5.74, 6) is -0.216. The second-order valence-electron chi connectivity index (χ2n) is 5.86. The molecule has 1 aliphatic rings. The molecule has 1 atom stereocenters. The largest absolute Gasteiger partial charge is 0.573 e. The summed E-state index contributed by atoms with van der Waals surface area (Å²) in [7, 11) is 0. The molecule has 2 aromatic rings. The smallest absolute Gasteiger partial charge is 0.406 e. The lowest BCUT2D eigenvalue weighted by Crippen LogP contribution is -2.45. The van der Waals surface area contributed by atoms with Gasteiger partial charge in [0.2, 0.25) is 0 Å². The Kier molecular flexibility index (Phi) is 5.51. The molecule has 3 rings (SSSR count). The summed E-state index contributed by atoms with van der Waals surface area (Å²) in [4.78, 5) is 2.30. The van der Waals surface area contributed by atoms with Gasteiger partial charge in [0.05, 0.1) is 6.04 Å². The highest BCUT2D eigenvalue weighted by Crippen LogP contribution is 2.32. The summed E-state index contributed by atoms with van der Waals surface area (Å²) < 4.78 is 41.0. The van der Waals surface area contributed by atoms with Gasteiger partial charge in [-0.25, -0.2) is 0 Å². The zero-order valence-electron chi connectivity index (χ0n) is 13.4. The Bertz CT molecular complexity index is 683. The van der Waals surface area contributed by atoms with Crippen LogP contribution >= 0.6 is 11.6 Å². The van der Waals surface area contributed by atoms with E-state index in [1.54, 1.807) is 12.1 Å². The van der Waals surface area contributed by atoms with Crippen LogP contribution in [0.1, 0.15) is 17.2 Å². The molecule has 1 saturated heterocycles. The number of halogens is 4. The third-order valence-corrected chi connectivity index (χ3v) is 4.38. The standard InChI is InChI=1S/C18H18ClF3N2O/c19-15-5-1-13(2-6-15)17(24-11-9-23-10-12-24)14-3-7-16(8-4-14)25-18(20,21)22/h1-8,17,23H,9-12H2/t17-/m1/s1. The topological polar surface area (TPSA) is 24.5 Å². The summed E-state index contributed by atoms with van der Waals surface area (Å²) in [6.45, 7) is 3.46. The van der Waals surface area contributed by atoms with Crippen LogP contribution in [0.3, 0.4) is 0 Å². The van der Waals surface area contributed by atoms with Crippen molar-refractivity contribution in [2.24, 2.45) is 0 Å². The predicted molar refractivity (Wildman–Crippen MR) is 90.9 cm³/mol. The number of piperazine rings is 1. The molecule has 0 amide bonds. The van der Waals surface area contributed by atoms with E-state index in [1.807, 2.05) is 24.3 Å². The Morgan fingerprint density at radius 2 is 1.44 bits per heavy atom. The average Bonchev–Trinajstić information content (AvgIpc) is 2.58. The normalized spacial score (nSPS) is 17.3. The van der Waals surface area contributed by atoms with Gasteiger partial charge in [0.25, 0.3) is 0 Å². The molecule has 134 valence electrons. The Hall–Kier alpha value is -1.76. The van der Waals surface area contributed by atoms with E-state index in [-0.39, 0.29) is 11.8 Å². The molecule has 0 aromatic heterocycles. The summed E-state index contributed by atoms with van der Waals surface area (Å²) in [5, 5.41) is 3.96. The molecule has 7 heteroatoms. The lowest BCUT2D eigenvalue weighted by molar-refractivity contribution is -0.274. The van der Waals surface area contributed by atoms with Crippen molar-refractivity contribution < 1.29 is 17.9 Å². The predicted octanol–water partition coefficient (Wildman–Crippen LogP) is 4.23. The van der Waals surface area contributed by atoms with Crippen LogP contribution < -0.4 is 10.1 Å². The maximum atomic E-state index is 12.3.